The Morgan fingerprint density at radius 3 is 2.56 bits per heavy atom. The highest BCUT2D eigenvalue weighted by atomic mass is 35.5. The van der Waals surface area contributed by atoms with Crippen molar-refractivity contribution in [1.29, 1.82) is 0 Å². The molecule has 0 bridgehead atoms. The zero-order valence-electron chi connectivity index (χ0n) is 21.2. The molecule has 0 aliphatic rings. The van der Waals surface area contributed by atoms with Gasteiger partial charge in [0.15, 0.2) is 5.82 Å². The number of aromatic nitrogens is 5. The zero-order valence-corrected chi connectivity index (χ0v) is 22.8. The number of rotatable bonds is 7. The number of amides is 1. The highest BCUT2D eigenvalue weighted by molar-refractivity contribution is 7.21. The van der Waals surface area contributed by atoms with E-state index in [1.165, 1.54) is 29.8 Å². The number of hydrogen-bond acceptors (Lipinski definition) is 10. The molecule has 1 aromatic carbocycles. The lowest BCUT2D eigenvalue weighted by Gasteiger charge is -2.21. The summed E-state index contributed by atoms with van der Waals surface area (Å²) in [5, 5.41) is 4.38. The van der Waals surface area contributed by atoms with Crippen LogP contribution in [0, 0.1) is 12.7 Å². The van der Waals surface area contributed by atoms with Crippen molar-refractivity contribution in [2.75, 3.05) is 12.4 Å². The van der Waals surface area contributed by atoms with Gasteiger partial charge in [0.05, 0.1) is 36.9 Å². The number of benzene rings is 1. The van der Waals surface area contributed by atoms with Crippen molar-refractivity contribution >= 4 is 56.0 Å². The molecule has 200 valence electrons. The van der Waals surface area contributed by atoms with Crippen molar-refractivity contribution in [3.05, 3.63) is 59.5 Å². The van der Waals surface area contributed by atoms with Crippen LogP contribution in [0.3, 0.4) is 0 Å². The molecule has 5 rings (SSSR count). The Morgan fingerprint density at radius 2 is 1.82 bits per heavy atom. The van der Waals surface area contributed by atoms with Gasteiger partial charge in [-0.2, -0.15) is 4.98 Å². The fourth-order valence-electron chi connectivity index (χ4n) is 3.63. The standard InChI is InChI=1S/C26H22ClFN6O4S/c1-12(13(2)38-26(35)32-17-9-29-14(3)30-10-17)37-23-20(28)8-21-25(34-23)39-24(33-21)19-7-16(27)5-15-6-18(36-4)11-31-22(15)19/h5-13H,1-4H3,(H,32,35)/t12-,13+/m0/s1. The van der Waals surface area contributed by atoms with Gasteiger partial charge in [-0.3, -0.25) is 10.3 Å². The van der Waals surface area contributed by atoms with Crippen LogP contribution in [0.1, 0.15) is 19.7 Å². The van der Waals surface area contributed by atoms with E-state index in [1.54, 1.807) is 46.2 Å². The number of nitrogens with zero attached hydrogens (tertiary/aromatic N) is 5. The molecule has 1 N–H and O–H groups in total. The van der Waals surface area contributed by atoms with E-state index < -0.39 is 24.1 Å². The molecule has 4 heterocycles. The van der Waals surface area contributed by atoms with Crippen LogP contribution in [0.5, 0.6) is 11.6 Å². The lowest BCUT2D eigenvalue weighted by atomic mass is 10.1. The monoisotopic (exact) mass is 568 g/mol. The normalized spacial score (nSPS) is 12.8. The molecular weight excluding hydrogens is 547 g/mol. The Bertz CT molecular complexity index is 1680. The lowest BCUT2D eigenvalue weighted by molar-refractivity contribution is 0.0379. The molecule has 0 aliphatic heterocycles. The number of pyridine rings is 2. The molecule has 0 radical (unpaired) electrons. The predicted octanol–water partition coefficient (Wildman–Crippen LogP) is 6.21. The van der Waals surface area contributed by atoms with E-state index in [9.17, 15) is 9.18 Å². The molecule has 2 atom stereocenters. The van der Waals surface area contributed by atoms with Crippen LogP contribution >= 0.6 is 22.9 Å². The van der Waals surface area contributed by atoms with Crippen molar-refractivity contribution in [2.24, 2.45) is 0 Å². The van der Waals surface area contributed by atoms with Crippen molar-refractivity contribution in [3.63, 3.8) is 0 Å². The van der Waals surface area contributed by atoms with Crippen LogP contribution in [-0.2, 0) is 4.74 Å². The van der Waals surface area contributed by atoms with E-state index in [4.69, 9.17) is 25.8 Å². The first-order valence-corrected chi connectivity index (χ1v) is 12.9. The summed E-state index contributed by atoms with van der Waals surface area (Å²) in [6.45, 7) is 5.01. The summed E-state index contributed by atoms with van der Waals surface area (Å²) in [7, 11) is 1.56. The van der Waals surface area contributed by atoms with Crippen LogP contribution in [0.15, 0.2) is 42.9 Å². The van der Waals surface area contributed by atoms with Crippen LogP contribution in [0.2, 0.25) is 5.02 Å². The van der Waals surface area contributed by atoms with E-state index >= 15 is 0 Å². The van der Waals surface area contributed by atoms with Gasteiger partial charge in [-0.05, 0) is 39.0 Å². The fraction of sp³-hybridized carbons (Fsp3) is 0.231. The minimum Gasteiger partial charge on any atom is -0.495 e. The fourth-order valence-corrected chi connectivity index (χ4v) is 4.79. The summed E-state index contributed by atoms with van der Waals surface area (Å²) in [4.78, 5) is 34.1. The van der Waals surface area contributed by atoms with Crippen LogP contribution in [-0.4, -0.2) is 50.3 Å². The number of hydrogen-bond donors (Lipinski definition) is 1. The van der Waals surface area contributed by atoms with E-state index in [2.05, 4.69) is 30.2 Å². The van der Waals surface area contributed by atoms with Gasteiger partial charge in [0.2, 0.25) is 0 Å². The smallest absolute Gasteiger partial charge is 0.412 e. The first-order valence-electron chi connectivity index (χ1n) is 11.7. The van der Waals surface area contributed by atoms with Gasteiger partial charge in [-0.15, -0.1) is 0 Å². The van der Waals surface area contributed by atoms with Gasteiger partial charge in [0, 0.05) is 22.0 Å². The summed E-state index contributed by atoms with van der Waals surface area (Å²) >= 11 is 7.61. The summed E-state index contributed by atoms with van der Waals surface area (Å²) < 4.78 is 31.3. The summed E-state index contributed by atoms with van der Waals surface area (Å²) in [6.07, 6.45) is 2.37. The molecular formula is C26H22ClFN6O4S. The number of aryl methyl sites for hydroxylation is 1. The number of carbonyl (C=O) groups excluding carboxylic acids is 1. The highest BCUT2D eigenvalue weighted by Gasteiger charge is 2.22. The second-order valence-electron chi connectivity index (χ2n) is 8.60. The molecule has 0 fully saturated rings. The van der Waals surface area contributed by atoms with Gasteiger partial charge in [0.25, 0.3) is 5.88 Å². The number of thiazole rings is 1. The number of ether oxygens (including phenoxy) is 3. The summed E-state index contributed by atoms with van der Waals surface area (Å²) in [6, 6.07) is 6.62. The molecule has 0 unspecified atom stereocenters. The van der Waals surface area contributed by atoms with E-state index in [0.29, 0.717) is 48.7 Å². The minimum atomic E-state index is -0.730. The van der Waals surface area contributed by atoms with Gasteiger partial charge < -0.3 is 14.2 Å². The number of fused-ring (bicyclic) bond motifs is 2. The van der Waals surface area contributed by atoms with E-state index in [-0.39, 0.29) is 5.88 Å². The zero-order chi connectivity index (χ0) is 27.7. The molecule has 5 aromatic rings. The third kappa shape index (κ3) is 5.81. The minimum absolute atomic E-state index is 0.230. The molecule has 0 saturated heterocycles. The largest absolute Gasteiger partial charge is 0.495 e. The molecule has 1 amide bonds. The van der Waals surface area contributed by atoms with E-state index in [0.717, 1.165) is 5.39 Å². The molecule has 0 aliphatic carbocycles. The first kappa shape index (κ1) is 26.4. The maximum atomic E-state index is 14.9. The predicted molar refractivity (Wildman–Crippen MR) is 146 cm³/mol. The topological polar surface area (TPSA) is 121 Å². The quantitative estimate of drug-likeness (QED) is 0.244. The number of carbonyl (C=O) groups is 1. The number of methoxy groups -OCH3 is 1. The number of halogens is 2. The van der Waals surface area contributed by atoms with E-state index in [1.807, 2.05) is 6.07 Å². The third-order valence-electron chi connectivity index (χ3n) is 5.77. The Labute approximate surface area is 231 Å². The Morgan fingerprint density at radius 1 is 1.05 bits per heavy atom. The SMILES string of the molecule is COc1cnc2c(-c3nc4cc(F)c(O[C@@H](C)[C@@H](C)OC(=O)Nc5cnc(C)nc5)nc4s3)cc(Cl)cc2c1. The maximum absolute atomic E-state index is 14.9. The van der Waals surface area contributed by atoms with Gasteiger partial charge in [0.1, 0.15) is 39.1 Å². The maximum Gasteiger partial charge on any atom is 0.412 e. The molecule has 10 nitrogen and oxygen atoms in total. The van der Waals surface area contributed by atoms with Gasteiger partial charge in [-0.25, -0.2) is 24.1 Å². The molecule has 4 aromatic heterocycles. The molecule has 0 saturated carbocycles. The van der Waals surface area contributed by atoms with Crippen LogP contribution in [0.25, 0.3) is 31.8 Å². The Hall–Kier alpha value is -4.16. The number of anilines is 1. The molecule has 39 heavy (non-hydrogen) atoms. The molecule has 0 spiro atoms. The Balaban J connectivity index is 1.34. The van der Waals surface area contributed by atoms with Crippen molar-refractivity contribution < 1.29 is 23.4 Å². The second kappa shape index (κ2) is 10.9. The van der Waals surface area contributed by atoms with Crippen molar-refractivity contribution in [2.45, 2.75) is 33.0 Å². The van der Waals surface area contributed by atoms with Gasteiger partial charge >= 0.3 is 6.09 Å². The van der Waals surface area contributed by atoms with Gasteiger partial charge in [-0.1, -0.05) is 22.9 Å². The lowest BCUT2D eigenvalue weighted by Crippen LogP contribution is -2.33. The van der Waals surface area contributed by atoms with Crippen LogP contribution in [0.4, 0.5) is 14.9 Å². The highest BCUT2D eigenvalue weighted by Crippen LogP contribution is 2.37. The van der Waals surface area contributed by atoms with Crippen molar-refractivity contribution in [1.82, 2.24) is 24.9 Å². The summed E-state index contributed by atoms with van der Waals surface area (Å²) in [5.74, 6) is 0.243. The average molecular weight is 569 g/mol. The third-order valence-corrected chi connectivity index (χ3v) is 6.99. The summed E-state index contributed by atoms with van der Waals surface area (Å²) in [5.41, 5.74) is 2.10. The molecule has 13 heteroatoms. The number of nitrogens with one attached hydrogen (secondary N) is 1. The van der Waals surface area contributed by atoms with Crippen LogP contribution < -0.4 is 14.8 Å². The average Bonchev–Trinajstić information content (AvgIpc) is 3.31. The van der Waals surface area contributed by atoms with Crippen molar-refractivity contribution in [3.8, 4) is 22.2 Å². The Kier molecular flexibility index (Phi) is 7.40. The first-order chi connectivity index (χ1) is 18.7. The second-order valence-corrected chi connectivity index (χ2v) is 10.0.